The van der Waals surface area contributed by atoms with Crippen molar-refractivity contribution in [3.8, 4) is 0 Å². The Kier molecular flexibility index (Phi) is 2.04. The van der Waals surface area contributed by atoms with Gasteiger partial charge in [0.05, 0.1) is 6.61 Å². The zero-order valence-electron chi connectivity index (χ0n) is 10.9. The summed E-state index contributed by atoms with van der Waals surface area (Å²) in [4.78, 5) is 0. The number of benzene rings is 2. The summed E-state index contributed by atoms with van der Waals surface area (Å²) >= 11 is 0. The van der Waals surface area contributed by atoms with Gasteiger partial charge in [0.15, 0.2) is 0 Å². The van der Waals surface area contributed by atoms with Gasteiger partial charge in [-0.3, -0.25) is 0 Å². The zero-order chi connectivity index (χ0) is 13.2. The van der Waals surface area contributed by atoms with Crippen LogP contribution >= 0.6 is 0 Å². The predicted molar refractivity (Wildman–Crippen MR) is 72.1 cm³/mol. The molecule has 100 valence electrons. The Bertz CT molecular complexity index is 665. The summed E-state index contributed by atoms with van der Waals surface area (Å²) in [6.07, 6.45) is 0.0354. The van der Waals surface area contributed by atoms with Gasteiger partial charge < -0.3 is 14.2 Å². The van der Waals surface area contributed by atoms with Crippen LogP contribution < -0.4 is 0 Å². The van der Waals surface area contributed by atoms with Crippen molar-refractivity contribution in [2.45, 2.75) is 24.1 Å². The lowest BCUT2D eigenvalue weighted by Gasteiger charge is -2.37. The Morgan fingerprint density at radius 1 is 0.900 bits per heavy atom. The molecule has 3 heterocycles. The molecule has 2 bridgehead atoms. The van der Waals surface area contributed by atoms with E-state index in [0.29, 0.717) is 6.61 Å². The van der Waals surface area contributed by atoms with Gasteiger partial charge in [-0.2, -0.15) is 0 Å². The van der Waals surface area contributed by atoms with Gasteiger partial charge in [0.2, 0.25) is 5.79 Å². The van der Waals surface area contributed by atoms with E-state index in [-0.39, 0.29) is 18.3 Å². The maximum Gasteiger partial charge on any atom is 0.223 e. The topological polar surface area (TPSA) is 27.7 Å². The minimum atomic E-state index is -0.756. The monoisotopic (exact) mass is 266 g/mol. The number of hydrogen-bond donors (Lipinski definition) is 0. The molecule has 3 nitrogen and oxygen atoms in total. The summed E-state index contributed by atoms with van der Waals surface area (Å²) in [5.74, 6) is -0.756. The van der Waals surface area contributed by atoms with Crippen molar-refractivity contribution < 1.29 is 14.2 Å². The predicted octanol–water partition coefficient (Wildman–Crippen LogP) is 2.76. The zero-order valence-corrected chi connectivity index (χ0v) is 10.9. The molecule has 0 saturated carbocycles. The van der Waals surface area contributed by atoms with Gasteiger partial charge in [-0.25, -0.2) is 0 Å². The first-order valence-electron chi connectivity index (χ1n) is 7.01. The fourth-order valence-corrected chi connectivity index (χ4v) is 3.64. The Morgan fingerprint density at radius 3 is 2.60 bits per heavy atom. The van der Waals surface area contributed by atoms with Gasteiger partial charge in [-0.1, -0.05) is 54.6 Å². The molecule has 0 aliphatic carbocycles. The molecule has 2 saturated heterocycles. The third-order valence-electron chi connectivity index (χ3n) is 4.50. The highest BCUT2D eigenvalue weighted by Gasteiger charge is 2.61. The summed E-state index contributed by atoms with van der Waals surface area (Å²) < 4.78 is 18.5. The van der Waals surface area contributed by atoms with Crippen molar-refractivity contribution in [1.82, 2.24) is 0 Å². The van der Waals surface area contributed by atoms with E-state index in [1.54, 1.807) is 0 Å². The maximum atomic E-state index is 6.34. The fourth-order valence-electron chi connectivity index (χ4n) is 3.64. The normalized spacial score (nSPS) is 36.9. The van der Waals surface area contributed by atoms with E-state index in [0.717, 1.165) is 11.1 Å². The van der Waals surface area contributed by atoms with E-state index in [2.05, 4.69) is 30.3 Å². The molecule has 0 N–H and O–H groups in total. The highest BCUT2D eigenvalue weighted by atomic mass is 16.8. The van der Waals surface area contributed by atoms with E-state index in [4.69, 9.17) is 14.2 Å². The van der Waals surface area contributed by atoms with Crippen molar-refractivity contribution in [1.29, 1.82) is 0 Å². The lowest BCUT2D eigenvalue weighted by atomic mass is 9.88. The molecule has 2 aromatic carbocycles. The van der Waals surface area contributed by atoms with E-state index in [1.807, 2.05) is 24.3 Å². The average Bonchev–Trinajstić information content (AvgIpc) is 3.04. The first-order chi connectivity index (χ1) is 9.88. The molecule has 3 aliphatic rings. The van der Waals surface area contributed by atoms with Crippen LogP contribution in [-0.4, -0.2) is 18.8 Å². The molecule has 2 aromatic rings. The number of fused-ring (bicyclic) bond motifs is 4. The molecule has 0 aromatic heterocycles. The molecular weight excluding hydrogens is 252 g/mol. The largest absolute Gasteiger partial charge is 0.368 e. The van der Waals surface area contributed by atoms with E-state index in [1.165, 1.54) is 5.56 Å². The molecule has 0 amide bonds. The van der Waals surface area contributed by atoms with Gasteiger partial charge in [0.25, 0.3) is 0 Å². The second-order valence-corrected chi connectivity index (χ2v) is 5.56. The third kappa shape index (κ3) is 1.21. The molecule has 0 spiro atoms. The van der Waals surface area contributed by atoms with Crippen LogP contribution in [0.5, 0.6) is 0 Å². The van der Waals surface area contributed by atoms with Crippen LogP contribution in [0.2, 0.25) is 0 Å². The van der Waals surface area contributed by atoms with E-state index < -0.39 is 5.79 Å². The van der Waals surface area contributed by atoms with Crippen LogP contribution in [0.25, 0.3) is 0 Å². The summed E-state index contributed by atoms with van der Waals surface area (Å²) in [6, 6.07) is 18.5. The summed E-state index contributed by atoms with van der Waals surface area (Å²) in [5.41, 5.74) is 3.34. The van der Waals surface area contributed by atoms with Crippen LogP contribution in [0.15, 0.2) is 54.6 Å². The SMILES string of the molecule is c1ccc([C@]23O[C@@H]4[C@@H](CO[C@H]4c4ccccc42)O3)cc1. The second-order valence-electron chi connectivity index (χ2n) is 5.56. The number of hydrogen-bond acceptors (Lipinski definition) is 3. The summed E-state index contributed by atoms with van der Waals surface area (Å²) in [7, 11) is 0. The molecule has 4 atom stereocenters. The fraction of sp³-hybridized carbons (Fsp3) is 0.294. The average molecular weight is 266 g/mol. The smallest absolute Gasteiger partial charge is 0.223 e. The quantitative estimate of drug-likeness (QED) is 0.794. The summed E-state index contributed by atoms with van der Waals surface area (Å²) in [5, 5.41) is 0. The summed E-state index contributed by atoms with van der Waals surface area (Å²) in [6.45, 7) is 0.609. The van der Waals surface area contributed by atoms with Crippen LogP contribution in [-0.2, 0) is 20.0 Å². The van der Waals surface area contributed by atoms with Crippen LogP contribution in [0.3, 0.4) is 0 Å². The van der Waals surface area contributed by atoms with Crippen molar-refractivity contribution in [3.05, 3.63) is 71.3 Å². The molecule has 3 aliphatic heterocycles. The van der Waals surface area contributed by atoms with Crippen molar-refractivity contribution in [2.75, 3.05) is 6.61 Å². The van der Waals surface area contributed by atoms with Crippen molar-refractivity contribution in [3.63, 3.8) is 0 Å². The van der Waals surface area contributed by atoms with Crippen molar-refractivity contribution >= 4 is 0 Å². The molecule has 0 unspecified atom stereocenters. The van der Waals surface area contributed by atoms with E-state index in [9.17, 15) is 0 Å². The first kappa shape index (κ1) is 11.0. The van der Waals surface area contributed by atoms with Gasteiger partial charge >= 0.3 is 0 Å². The number of rotatable bonds is 1. The van der Waals surface area contributed by atoms with Crippen molar-refractivity contribution in [2.24, 2.45) is 0 Å². The highest BCUT2D eigenvalue weighted by Crippen LogP contribution is 2.55. The molecular formula is C17H14O3. The van der Waals surface area contributed by atoms with Gasteiger partial charge in [-0.15, -0.1) is 0 Å². The molecule has 3 heteroatoms. The molecule has 20 heavy (non-hydrogen) atoms. The Hall–Kier alpha value is -1.68. The minimum Gasteiger partial charge on any atom is -0.368 e. The second kappa shape index (κ2) is 3.70. The maximum absolute atomic E-state index is 6.34. The van der Waals surface area contributed by atoms with Crippen LogP contribution in [0, 0.1) is 0 Å². The van der Waals surface area contributed by atoms with Gasteiger partial charge in [0.1, 0.15) is 18.3 Å². The third-order valence-corrected chi connectivity index (χ3v) is 4.50. The first-order valence-corrected chi connectivity index (χ1v) is 7.01. The molecule has 0 radical (unpaired) electrons. The van der Waals surface area contributed by atoms with E-state index >= 15 is 0 Å². The highest BCUT2D eigenvalue weighted by molar-refractivity contribution is 5.45. The Balaban J connectivity index is 1.80. The standard InChI is InChI=1S/C17H14O3/c1-2-6-11(7-3-1)17-13-9-5-4-8-12(13)15-16(20-17)14(19-17)10-18-15/h1-9,14-16H,10H2/t14-,15+,16-,17+/m1/s1. The molecule has 5 rings (SSSR count). The van der Waals surface area contributed by atoms with Gasteiger partial charge in [0, 0.05) is 11.1 Å². The molecule has 2 fully saturated rings. The number of ether oxygens (including phenoxy) is 3. The van der Waals surface area contributed by atoms with Crippen LogP contribution in [0.4, 0.5) is 0 Å². The Labute approximate surface area is 117 Å². The Morgan fingerprint density at radius 2 is 1.70 bits per heavy atom. The van der Waals surface area contributed by atoms with Crippen LogP contribution in [0.1, 0.15) is 22.8 Å². The minimum absolute atomic E-state index is 0.00473. The lowest BCUT2D eigenvalue weighted by Crippen LogP contribution is -2.37. The lowest BCUT2D eigenvalue weighted by molar-refractivity contribution is -0.192. The van der Waals surface area contributed by atoms with Gasteiger partial charge in [-0.05, 0) is 5.56 Å².